The fraction of sp³-hybridized carbons (Fsp3) is 0.526. The first kappa shape index (κ1) is 21.1. The Labute approximate surface area is 166 Å². The van der Waals surface area contributed by atoms with Crippen molar-refractivity contribution in [3.63, 3.8) is 0 Å². The number of hydrogen-bond acceptors (Lipinski definition) is 5. The Morgan fingerprint density at radius 1 is 1.31 bits per heavy atom. The number of ether oxygens (including phenoxy) is 1. The predicted octanol–water partition coefficient (Wildman–Crippen LogP) is 2.54. The molecule has 10 heteroatoms. The molecule has 0 aliphatic carbocycles. The summed E-state index contributed by atoms with van der Waals surface area (Å²) in [6.07, 6.45) is -1.29. The van der Waals surface area contributed by atoms with E-state index in [0.29, 0.717) is 19.2 Å². The molecule has 3 heterocycles. The van der Waals surface area contributed by atoms with Crippen LogP contribution in [-0.2, 0) is 4.79 Å². The van der Waals surface area contributed by atoms with Crippen LogP contribution in [0.25, 0.3) is 5.69 Å². The zero-order valence-electron chi connectivity index (χ0n) is 16.3. The molecular weight excluding hydrogens is 389 g/mol. The lowest BCUT2D eigenvalue weighted by atomic mass is 9.83. The maximum atomic E-state index is 13.0. The van der Waals surface area contributed by atoms with Crippen molar-refractivity contribution in [3.8, 4) is 11.6 Å². The van der Waals surface area contributed by atoms with Gasteiger partial charge < -0.3 is 14.7 Å². The van der Waals surface area contributed by atoms with E-state index in [4.69, 9.17) is 4.74 Å². The average Bonchev–Trinajstić information content (AvgIpc) is 3.16. The third-order valence-corrected chi connectivity index (χ3v) is 5.39. The Hall–Kier alpha value is -2.62. The minimum absolute atomic E-state index is 0.0144. The number of aromatic nitrogens is 3. The predicted molar refractivity (Wildman–Crippen MR) is 97.7 cm³/mol. The van der Waals surface area contributed by atoms with E-state index in [9.17, 15) is 23.1 Å². The number of alkyl halides is 3. The summed E-state index contributed by atoms with van der Waals surface area (Å²) < 4.78 is 45.8. The van der Waals surface area contributed by atoms with Crippen molar-refractivity contribution in [1.82, 2.24) is 19.7 Å². The van der Waals surface area contributed by atoms with Crippen LogP contribution in [0, 0.1) is 5.92 Å². The molecule has 1 aliphatic heterocycles. The van der Waals surface area contributed by atoms with Gasteiger partial charge in [0.2, 0.25) is 11.5 Å². The molecule has 0 radical (unpaired) electrons. The molecule has 3 atom stereocenters. The number of nitrogens with zero attached hydrogens (tertiary/aromatic N) is 4. The molecule has 2 aromatic rings. The molecule has 2 aromatic heterocycles. The minimum atomic E-state index is -5.02. The van der Waals surface area contributed by atoms with Crippen molar-refractivity contribution in [1.29, 1.82) is 0 Å². The summed E-state index contributed by atoms with van der Waals surface area (Å²) in [5.41, 5.74) is -1.77. The van der Waals surface area contributed by atoms with Crippen molar-refractivity contribution >= 4 is 5.91 Å². The zero-order valence-corrected chi connectivity index (χ0v) is 16.3. The highest BCUT2D eigenvalue weighted by atomic mass is 19.4. The highest BCUT2D eigenvalue weighted by molar-refractivity contribution is 5.85. The molecule has 0 bridgehead atoms. The first-order valence-electron chi connectivity index (χ1n) is 9.19. The molecule has 0 unspecified atom stereocenters. The molecule has 1 aliphatic rings. The largest absolute Gasteiger partial charge is 0.481 e. The third-order valence-electron chi connectivity index (χ3n) is 5.39. The fourth-order valence-corrected chi connectivity index (χ4v) is 3.63. The van der Waals surface area contributed by atoms with Crippen molar-refractivity contribution in [3.05, 3.63) is 36.3 Å². The van der Waals surface area contributed by atoms with Crippen molar-refractivity contribution < 1.29 is 27.8 Å². The lowest BCUT2D eigenvalue weighted by Gasteiger charge is -2.40. The first-order chi connectivity index (χ1) is 13.6. The molecular formula is C19H23F3N4O3. The van der Waals surface area contributed by atoms with Crippen LogP contribution in [0.5, 0.6) is 5.88 Å². The fourth-order valence-electron chi connectivity index (χ4n) is 3.63. The molecule has 1 fully saturated rings. The van der Waals surface area contributed by atoms with Crippen molar-refractivity contribution in [2.45, 2.75) is 38.0 Å². The van der Waals surface area contributed by atoms with Gasteiger partial charge >= 0.3 is 6.18 Å². The van der Waals surface area contributed by atoms with Gasteiger partial charge in [0.1, 0.15) is 0 Å². The molecule has 7 nitrogen and oxygen atoms in total. The number of piperidine rings is 1. The van der Waals surface area contributed by atoms with Crippen molar-refractivity contribution in [2.24, 2.45) is 5.92 Å². The average molecular weight is 412 g/mol. The second kappa shape index (κ2) is 7.66. The lowest BCUT2D eigenvalue weighted by Crippen LogP contribution is -2.58. The summed E-state index contributed by atoms with van der Waals surface area (Å²) in [5, 5.41) is 14.0. The quantitative estimate of drug-likeness (QED) is 0.835. The number of pyridine rings is 1. The minimum Gasteiger partial charge on any atom is -0.481 e. The molecule has 1 N–H and O–H groups in total. The Balaban J connectivity index is 1.77. The number of hydrogen-bond donors (Lipinski definition) is 1. The maximum absolute atomic E-state index is 13.0. The van der Waals surface area contributed by atoms with Gasteiger partial charge in [0.25, 0.3) is 5.91 Å². The van der Waals surface area contributed by atoms with Crippen LogP contribution >= 0.6 is 0 Å². The van der Waals surface area contributed by atoms with Crippen LogP contribution in [0.4, 0.5) is 13.2 Å². The smallest absolute Gasteiger partial charge is 0.426 e. The molecule has 0 saturated carbocycles. The molecule has 1 amide bonds. The molecule has 0 aromatic carbocycles. The van der Waals surface area contributed by atoms with Crippen LogP contribution in [0.2, 0.25) is 0 Å². The Bertz CT molecular complexity index is 864. The number of halogens is 3. The van der Waals surface area contributed by atoms with Crippen LogP contribution in [-0.4, -0.2) is 62.7 Å². The van der Waals surface area contributed by atoms with E-state index < -0.39 is 17.7 Å². The SMILES string of the molecule is COc1ccc(-n2nccc2[C@H]2CCN(C(=O)[C@@](C)(O)C(F)(F)F)C[C@H]2C)cn1. The molecule has 29 heavy (non-hydrogen) atoms. The number of methoxy groups -OCH3 is 1. The summed E-state index contributed by atoms with van der Waals surface area (Å²) in [4.78, 5) is 17.5. The molecule has 3 rings (SSSR count). The number of carbonyl (C=O) groups is 1. The zero-order chi connectivity index (χ0) is 21.4. The van der Waals surface area contributed by atoms with Crippen molar-refractivity contribution in [2.75, 3.05) is 20.2 Å². The van der Waals surface area contributed by atoms with E-state index in [1.165, 1.54) is 7.11 Å². The van der Waals surface area contributed by atoms with E-state index in [1.807, 2.05) is 19.1 Å². The van der Waals surface area contributed by atoms with Crippen LogP contribution in [0.3, 0.4) is 0 Å². The van der Waals surface area contributed by atoms with Crippen LogP contribution in [0.15, 0.2) is 30.6 Å². The van der Waals surface area contributed by atoms with Gasteiger partial charge in [-0.3, -0.25) is 4.79 Å². The Kier molecular flexibility index (Phi) is 5.57. The van der Waals surface area contributed by atoms with Gasteiger partial charge in [-0.15, -0.1) is 0 Å². The number of aliphatic hydroxyl groups is 1. The van der Waals surface area contributed by atoms with Gasteiger partial charge in [-0.1, -0.05) is 6.92 Å². The monoisotopic (exact) mass is 412 g/mol. The van der Waals surface area contributed by atoms with Gasteiger partial charge in [-0.25, -0.2) is 9.67 Å². The highest BCUT2D eigenvalue weighted by Gasteiger charge is 2.57. The van der Waals surface area contributed by atoms with E-state index >= 15 is 0 Å². The van der Waals surface area contributed by atoms with Crippen LogP contribution in [0.1, 0.15) is 31.9 Å². The topological polar surface area (TPSA) is 80.5 Å². The van der Waals surface area contributed by atoms with Gasteiger partial charge in [-0.05, 0) is 31.4 Å². The number of amides is 1. The number of rotatable bonds is 4. The van der Waals surface area contributed by atoms with Gasteiger partial charge in [-0.2, -0.15) is 18.3 Å². The second-order valence-electron chi connectivity index (χ2n) is 7.42. The number of carbonyl (C=O) groups excluding carboxylic acids is 1. The molecule has 158 valence electrons. The van der Waals surface area contributed by atoms with E-state index in [1.54, 1.807) is 23.1 Å². The Morgan fingerprint density at radius 2 is 2.03 bits per heavy atom. The van der Waals surface area contributed by atoms with E-state index in [-0.39, 0.29) is 24.9 Å². The summed E-state index contributed by atoms with van der Waals surface area (Å²) in [5.74, 6) is -0.986. The van der Waals surface area contributed by atoms with Gasteiger partial charge in [0, 0.05) is 37.0 Å². The summed E-state index contributed by atoms with van der Waals surface area (Å²) in [6.45, 7) is 2.60. The summed E-state index contributed by atoms with van der Waals surface area (Å²) in [7, 11) is 1.52. The van der Waals surface area contributed by atoms with E-state index in [0.717, 1.165) is 16.3 Å². The lowest BCUT2D eigenvalue weighted by molar-refractivity contribution is -0.250. The van der Waals surface area contributed by atoms with E-state index in [2.05, 4.69) is 10.1 Å². The standard InChI is InChI=1S/C19H23F3N4O3/c1-12-11-25(17(27)18(2,28)19(20,21)22)9-7-14(12)15-6-8-24-26(15)13-4-5-16(29-3)23-10-13/h4-6,8,10,12,14,28H,7,9,11H2,1-3H3/t12-,14+,18-/m1/s1. The third kappa shape index (κ3) is 3.93. The first-order valence-corrected chi connectivity index (χ1v) is 9.19. The van der Waals surface area contributed by atoms with Gasteiger partial charge in [0.15, 0.2) is 0 Å². The van der Waals surface area contributed by atoms with Gasteiger partial charge in [0.05, 0.1) is 19.0 Å². The van der Waals surface area contributed by atoms with Crippen LogP contribution < -0.4 is 4.74 Å². The summed E-state index contributed by atoms with van der Waals surface area (Å²) in [6, 6.07) is 5.38. The highest BCUT2D eigenvalue weighted by Crippen LogP contribution is 2.37. The normalized spacial score (nSPS) is 22.2. The Morgan fingerprint density at radius 3 is 2.59 bits per heavy atom. The summed E-state index contributed by atoms with van der Waals surface area (Å²) >= 11 is 0. The number of likely N-dealkylation sites (tertiary alicyclic amines) is 1. The molecule has 0 spiro atoms. The molecule has 1 saturated heterocycles. The second-order valence-corrected chi connectivity index (χ2v) is 7.42. The maximum Gasteiger partial charge on any atom is 0.426 e.